The van der Waals surface area contributed by atoms with Crippen LogP contribution >= 0.6 is 0 Å². The molecule has 0 aliphatic heterocycles. The molecule has 0 saturated carbocycles. The van der Waals surface area contributed by atoms with Gasteiger partial charge < -0.3 is 4.84 Å². The van der Waals surface area contributed by atoms with Crippen molar-refractivity contribution in [1.29, 1.82) is 5.41 Å². The molecule has 0 aliphatic rings. The lowest BCUT2D eigenvalue weighted by Gasteiger charge is -1.72. The Kier molecular flexibility index (Phi) is 2.60. The van der Waals surface area contributed by atoms with E-state index in [0.29, 0.717) is 6.40 Å². The average Bonchev–Trinajstić information content (AvgIpc) is 1.41. The third-order valence-corrected chi connectivity index (χ3v) is 0.127. The second kappa shape index (κ2) is 3.14. The molecule has 0 radical (unpaired) electrons. The van der Waals surface area contributed by atoms with E-state index in [4.69, 9.17) is 5.41 Å². The smallest absolute Gasteiger partial charge is 0.204 e. The minimum absolute atomic E-state index is 0.701. The summed E-state index contributed by atoms with van der Waals surface area (Å²) in [7, 11) is 0. The normalized spacial score (nSPS) is 5.60. The average molecular weight is 72.1 g/mol. The Morgan fingerprint density at radius 1 is 2.00 bits per heavy atom. The van der Waals surface area contributed by atoms with Gasteiger partial charge in [0.25, 0.3) is 0 Å². The molecule has 3 nitrogen and oxygen atoms in total. The molecule has 5 heavy (non-hydrogen) atoms. The Labute approximate surface area is 29.8 Å². The highest BCUT2D eigenvalue weighted by atomic mass is 16.6. The number of nitrogens with one attached hydrogen (secondary N) is 1. The lowest BCUT2D eigenvalue weighted by Crippen LogP contribution is -1.66. The van der Waals surface area contributed by atoms with E-state index in [-0.39, 0.29) is 0 Å². The fourth-order valence-corrected chi connectivity index (χ4v) is 0.0373. The van der Waals surface area contributed by atoms with Crippen LogP contribution in [0, 0.1) is 5.41 Å². The summed E-state index contributed by atoms with van der Waals surface area (Å²) in [6, 6.07) is 0. The minimum atomic E-state index is 0.701. The highest BCUT2D eigenvalue weighted by Crippen LogP contribution is 1.54. The van der Waals surface area contributed by atoms with Gasteiger partial charge in [-0.25, -0.2) is 0 Å². The highest BCUT2D eigenvalue weighted by molar-refractivity contribution is 5.41. The van der Waals surface area contributed by atoms with E-state index in [1.165, 1.54) is 0 Å². The van der Waals surface area contributed by atoms with Crippen molar-refractivity contribution in [3.8, 4) is 0 Å². The number of hydrogen-bond acceptors (Lipinski definition) is 3. The van der Waals surface area contributed by atoms with Gasteiger partial charge in [0.2, 0.25) is 6.40 Å². The zero-order valence-corrected chi connectivity index (χ0v) is 2.64. The molecule has 3 heteroatoms. The summed E-state index contributed by atoms with van der Waals surface area (Å²) in [6.45, 7) is 2.93. The van der Waals surface area contributed by atoms with Crippen molar-refractivity contribution in [2.75, 3.05) is 0 Å². The van der Waals surface area contributed by atoms with Crippen molar-refractivity contribution < 1.29 is 4.84 Å². The number of nitrogens with zero attached hydrogens (tertiary/aromatic N) is 1. The van der Waals surface area contributed by atoms with E-state index in [2.05, 4.69) is 16.7 Å². The van der Waals surface area contributed by atoms with Gasteiger partial charge in [0.05, 0.1) is 0 Å². The van der Waals surface area contributed by atoms with Crippen LogP contribution in [0.25, 0.3) is 0 Å². The van der Waals surface area contributed by atoms with Crippen LogP contribution in [0.5, 0.6) is 0 Å². The maximum Gasteiger partial charge on any atom is 0.204 e. The van der Waals surface area contributed by atoms with Crippen LogP contribution in [0.3, 0.4) is 0 Å². The van der Waals surface area contributed by atoms with Crippen molar-refractivity contribution in [3.05, 3.63) is 0 Å². The van der Waals surface area contributed by atoms with Crippen LogP contribution in [0.2, 0.25) is 0 Å². The Morgan fingerprint density at radius 2 is 2.60 bits per heavy atom. The molecule has 0 heterocycles. The molecule has 28 valence electrons. The van der Waals surface area contributed by atoms with Crippen LogP contribution in [0.1, 0.15) is 0 Å². The Hall–Kier alpha value is -0.860. The molecule has 0 aliphatic carbocycles. The zero-order chi connectivity index (χ0) is 4.12. The Bertz CT molecular complexity index is 36.9. The second-order valence-corrected chi connectivity index (χ2v) is 0.352. The van der Waals surface area contributed by atoms with Gasteiger partial charge in [0.1, 0.15) is 0 Å². The SMILES string of the molecule is C=NOC=N. The predicted molar refractivity (Wildman–Crippen MR) is 19.4 cm³/mol. The molecule has 0 atom stereocenters. The zero-order valence-electron chi connectivity index (χ0n) is 2.64. The van der Waals surface area contributed by atoms with Gasteiger partial charge in [0, 0.05) is 6.72 Å². The third-order valence-electron chi connectivity index (χ3n) is 0.127. The van der Waals surface area contributed by atoms with Gasteiger partial charge in [-0.15, -0.1) is 0 Å². The largest absolute Gasteiger partial charge is 0.346 e. The third kappa shape index (κ3) is 3.14. The van der Waals surface area contributed by atoms with E-state index >= 15 is 0 Å². The van der Waals surface area contributed by atoms with E-state index in [1.54, 1.807) is 0 Å². The van der Waals surface area contributed by atoms with Crippen molar-refractivity contribution in [2.24, 2.45) is 5.16 Å². The minimum Gasteiger partial charge on any atom is -0.346 e. The summed E-state index contributed by atoms with van der Waals surface area (Å²) in [5.74, 6) is 0. The molecular weight excluding hydrogens is 68.0 g/mol. The molecule has 0 aromatic rings. The van der Waals surface area contributed by atoms with Crippen LogP contribution in [-0.4, -0.2) is 13.1 Å². The van der Waals surface area contributed by atoms with Crippen molar-refractivity contribution in [2.45, 2.75) is 0 Å². The van der Waals surface area contributed by atoms with Crippen molar-refractivity contribution in [1.82, 2.24) is 0 Å². The fraction of sp³-hybridized carbons (Fsp3) is 0. The molecular formula is C2H4N2O. The summed E-state index contributed by atoms with van der Waals surface area (Å²) in [6.07, 6.45) is 0.701. The lowest BCUT2D eigenvalue weighted by atomic mass is 11.5. The molecule has 0 spiro atoms. The van der Waals surface area contributed by atoms with Gasteiger partial charge in [0.15, 0.2) is 0 Å². The van der Waals surface area contributed by atoms with Gasteiger partial charge in [-0.2, -0.15) is 0 Å². The monoisotopic (exact) mass is 72.0 g/mol. The summed E-state index contributed by atoms with van der Waals surface area (Å²) < 4.78 is 0. The van der Waals surface area contributed by atoms with E-state index in [1.807, 2.05) is 0 Å². The topological polar surface area (TPSA) is 45.4 Å². The lowest BCUT2D eigenvalue weighted by molar-refractivity contribution is 0.347. The molecule has 0 amide bonds. The first-order chi connectivity index (χ1) is 2.41. The van der Waals surface area contributed by atoms with Crippen molar-refractivity contribution in [3.63, 3.8) is 0 Å². The summed E-state index contributed by atoms with van der Waals surface area (Å²) in [5, 5.41) is 8.98. The second-order valence-electron chi connectivity index (χ2n) is 0.352. The van der Waals surface area contributed by atoms with Crippen LogP contribution in [0.15, 0.2) is 5.16 Å². The van der Waals surface area contributed by atoms with Gasteiger partial charge in [-0.1, -0.05) is 5.16 Å². The van der Waals surface area contributed by atoms with Gasteiger partial charge in [-0.3, -0.25) is 5.41 Å². The molecule has 1 N–H and O–H groups in total. The summed E-state index contributed by atoms with van der Waals surface area (Å²) >= 11 is 0. The van der Waals surface area contributed by atoms with Crippen molar-refractivity contribution >= 4 is 13.1 Å². The molecule has 0 fully saturated rings. The number of rotatable bonds is 2. The van der Waals surface area contributed by atoms with E-state index < -0.39 is 0 Å². The van der Waals surface area contributed by atoms with E-state index in [0.717, 1.165) is 0 Å². The standard InChI is InChI=1S/C2H4N2O/c1-4-5-2-3/h2-3H,1H2. The highest BCUT2D eigenvalue weighted by Gasteiger charge is 1.48. The molecule has 0 unspecified atom stereocenters. The van der Waals surface area contributed by atoms with Crippen LogP contribution in [0.4, 0.5) is 0 Å². The molecule has 0 rings (SSSR count). The van der Waals surface area contributed by atoms with Gasteiger partial charge >= 0.3 is 0 Å². The summed E-state index contributed by atoms with van der Waals surface area (Å²) in [5.41, 5.74) is 0. The Balaban J connectivity index is 2.65. The van der Waals surface area contributed by atoms with Gasteiger partial charge in [-0.05, 0) is 0 Å². The molecule has 0 saturated heterocycles. The fourth-order valence-electron chi connectivity index (χ4n) is 0.0373. The molecule has 0 aromatic heterocycles. The quantitative estimate of drug-likeness (QED) is 0.283. The number of hydrogen-bond donors (Lipinski definition) is 1. The van der Waals surface area contributed by atoms with E-state index in [9.17, 15) is 0 Å². The number of oxime groups is 1. The summed E-state index contributed by atoms with van der Waals surface area (Å²) in [4.78, 5) is 3.89. The first-order valence-electron chi connectivity index (χ1n) is 1.02. The first-order valence-corrected chi connectivity index (χ1v) is 1.02. The maximum atomic E-state index is 6.12. The maximum absolute atomic E-state index is 6.12. The molecule has 0 bridgehead atoms. The van der Waals surface area contributed by atoms with Crippen LogP contribution in [-0.2, 0) is 4.84 Å². The van der Waals surface area contributed by atoms with Crippen LogP contribution < -0.4 is 0 Å². The Morgan fingerprint density at radius 3 is 2.60 bits per heavy atom. The first kappa shape index (κ1) is 4.14. The predicted octanol–water partition coefficient (Wildman–Crippen LogP) is 0.226. The molecule has 0 aromatic carbocycles.